The van der Waals surface area contributed by atoms with Gasteiger partial charge in [-0.1, -0.05) is 0 Å². The van der Waals surface area contributed by atoms with Crippen LogP contribution in [0.15, 0.2) is 12.3 Å². The molecule has 0 aliphatic carbocycles. The average Bonchev–Trinajstić information content (AvgIpc) is 2.19. The van der Waals surface area contributed by atoms with Crippen LogP contribution in [-0.4, -0.2) is 27.9 Å². The van der Waals surface area contributed by atoms with E-state index in [1.807, 2.05) is 0 Å². The van der Waals surface area contributed by atoms with Crippen LogP contribution in [-0.2, 0) is 11.2 Å². The smallest absolute Gasteiger partial charge is 0.337 e. The molecule has 15 heavy (non-hydrogen) atoms. The molecule has 0 fully saturated rings. The van der Waals surface area contributed by atoms with Gasteiger partial charge < -0.3 is 9.84 Å². The number of carbonyl (C=O) groups excluding carboxylic acids is 1. The Morgan fingerprint density at radius 3 is 3.07 bits per heavy atom. The minimum atomic E-state index is -1.06. The first-order valence-electron chi connectivity index (χ1n) is 4.49. The third-order valence-electron chi connectivity index (χ3n) is 2.28. The van der Waals surface area contributed by atoms with Crippen molar-refractivity contribution in [3.05, 3.63) is 23.4 Å². The molecule has 0 bridgehead atoms. The van der Waals surface area contributed by atoms with Gasteiger partial charge in [-0.15, -0.1) is 0 Å². The van der Waals surface area contributed by atoms with E-state index >= 15 is 0 Å². The van der Waals surface area contributed by atoms with E-state index in [1.165, 1.54) is 12.3 Å². The summed E-state index contributed by atoms with van der Waals surface area (Å²) in [6.07, 6.45) is 0.912. The standard InChI is InChI=1S/C10H9NO4/c1-5-8(12)3-6-2-7(10(13)14)4-11-9(6)15-5/h2,4-5H,3H2,1H3,(H,13,14)/t5-/m0/s1. The first kappa shape index (κ1) is 9.64. The lowest BCUT2D eigenvalue weighted by molar-refractivity contribution is -0.125. The summed E-state index contributed by atoms with van der Waals surface area (Å²) in [5.74, 6) is -0.768. The number of hydrogen-bond donors (Lipinski definition) is 1. The first-order valence-corrected chi connectivity index (χ1v) is 4.49. The highest BCUT2D eigenvalue weighted by Gasteiger charge is 2.25. The number of rotatable bonds is 1. The van der Waals surface area contributed by atoms with Crippen molar-refractivity contribution in [2.45, 2.75) is 19.4 Å². The van der Waals surface area contributed by atoms with Crippen molar-refractivity contribution in [3.8, 4) is 5.88 Å². The molecule has 1 N–H and O–H groups in total. The van der Waals surface area contributed by atoms with Crippen molar-refractivity contribution in [1.29, 1.82) is 0 Å². The van der Waals surface area contributed by atoms with E-state index in [0.29, 0.717) is 11.4 Å². The second kappa shape index (κ2) is 3.34. The number of carboxylic acids is 1. The van der Waals surface area contributed by atoms with Crippen molar-refractivity contribution in [2.75, 3.05) is 0 Å². The first-order chi connectivity index (χ1) is 7.08. The number of carbonyl (C=O) groups is 2. The van der Waals surface area contributed by atoms with Crippen LogP contribution in [0.2, 0.25) is 0 Å². The number of nitrogens with zero attached hydrogens (tertiary/aromatic N) is 1. The maximum Gasteiger partial charge on any atom is 0.337 e. The Kier molecular flexibility index (Phi) is 2.15. The van der Waals surface area contributed by atoms with Crippen molar-refractivity contribution < 1.29 is 19.4 Å². The fourth-order valence-electron chi connectivity index (χ4n) is 1.41. The van der Waals surface area contributed by atoms with Gasteiger partial charge in [0.05, 0.1) is 5.56 Å². The van der Waals surface area contributed by atoms with Gasteiger partial charge in [-0.2, -0.15) is 0 Å². The number of aromatic carboxylic acids is 1. The predicted octanol–water partition coefficient (Wildman–Crippen LogP) is 0.672. The monoisotopic (exact) mass is 207 g/mol. The fraction of sp³-hybridized carbons (Fsp3) is 0.300. The lowest BCUT2D eigenvalue weighted by Gasteiger charge is -2.20. The number of Topliss-reactive ketones (excluding diaryl/α,β-unsaturated/α-hetero) is 1. The molecule has 2 rings (SSSR count). The molecule has 1 aromatic rings. The van der Waals surface area contributed by atoms with E-state index in [2.05, 4.69) is 4.98 Å². The highest BCUT2D eigenvalue weighted by atomic mass is 16.5. The van der Waals surface area contributed by atoms with Gasteiger partial charge in [0.2, 0.25) is 5.88 Å². The largest absolute Gasteiger partial charge is 0.478 e. The summed E-state index contributed by atoms with van der Waals surface area (Å²) < 4.78 is 5.23. The summed E-state index contributed by atoms with van der Waals surface area (Å²) in [6, 6.07) is 1.43. The van der Waals surface area contributed by atoms with Gasteiger partial charge in [0.25, 0.3) is 0 Å². The molecule has 5 nitrogen and oxygen atoms in total. The minimum Gasteiger partial charge on any atom is -0.478 e. The third-order valence-corrected chi connectivity index (χ3v) is 2.28. The normalized spacial score (nSPS) is 19.3. The molecule has 0 radical (unpaired) electrons. The van der Waals surface area contributed by atoms with Gasteiger partial charge in [-0.05, 0) is 13.0 Å². The summed E-state index contributed by atoms with van der Waals surface area (Å²) >= 11 is 0. The van der Waals surface area contributed by atoms with Gasteiger partial charge in [0.15, 0.2) is 11.9 Å². The number of ketones is 1. The zero-order valence-electron chi connectivity index (χ0n) is 8.06. The predicted molar refractivity (Wildman–Crippen MR) is 50.0 cm³/mol. The molecular weight excluding hydrogens is 198 g/mol. The van der Waals surface area contributed by atoms with Crippen molar-refractivity contribution in [3.63, 3.8) is 0 Å². The number of fused-ring (bicyclic) bond motifs is 1. The fourth-order valence-corrected chi connectivity index (χ4v) is 1.41. The van der Waals surface area contributed by atoms with Crippen LogP contribution >= 0.6 is 0 Å². The number of carboxylic acid groups (broad SMARTS) is 1. The van der Waals surface area contributed by atoms with Crippen molar-refractivity contribution in [1.82, 2.24) is 4.98 Å². The lowest BCUT2D eigenvalue weighted by atomic mass is 10.0. The molecule has 2 heterocycles. The number of aromatic nitrogens is 1. The average molecular weight is 207 g/mol. The summed E-state index contributed by atoms with van der Waals surface area (Å²) in [7, 11) is 0. The van der Waals surface area contributed by atoms with Gasteiger partial charge >= 0.3 is 5.97 Å². The van der Waals surface area contributed by atoms with Gasteiger partial charge in [0, 0.05) is 18.2 Å². The van der Waals surface area contributed by atoms with Crippen LogP contribution in [0.3, 0.4) is 0 Å². The molecule has 0 unspecified atom stereocenters. The lowest BCUT2D eigenvalue weighted by Crippen LogP contribution is -2.31. The second-order valence-corrected chi connectivity index (χ2v) is 3.40. The number of pyridine rings is 1. The molecule has 5 heteroatoms. The summed E-state index contributed by atoms with van der Waals surface area (Å²) in [5.41, 5.74) is 0.609. The molecule has 1 atom stereocenters. The van der Waals surface area contributed by atoms with Crippen LogP contribution in [0.25, 0.3) is 0 Å². The van der Waals surface area contributed by atoms with E-state index in [-0.39, 0.29) is 17.8 Å². The zero-order valence-corrected chi connectivity index (χ0v) is 8.06. The maximum absolute atomic E-state index is 11.3. The van der Waals surface area contributed by atoms with Crippen molar-refractivity contribution >= 4 is 11.8 Å². The Morgan fingerprint density at radius 1 is 1.67 bits per heavy atom. The molecule has 0 saturated carbocycles. The van der Waals surface area contributed by atoms with Crippen LogP contribution in [0, 0.1) is 0 Å². The van der Waals surface area contributed by atoms with Crippen molar-refractivity contribution in [2.24, 2.45) is 0 Å². The van der Waals surface area contributed by atoms with E-state index < -0.39 is 12.1 Å². The molecule has 0 aromatic carbocycles. The van der Waals surface area contributed by atoms with Crippen LogP contribution in [0.1, 0.15) is 22.8 Å². The molecular formula is C10H9NO4. The number of ether oxygens (including phenoxy) is 1. The quantitative estimate of drug-likeness (QED) is 0.732. The van der Waals surface area contributed by atoms with Crippen LogP contribution < -0.4 is 4.74 Å². The zero-order chi connectivity index (χ0) is 11.0. The highest BCUT2D eigenvalue weighted by Crippen LogP contribution is 2.23. The van der Waals surface area contributed by atoms with Crippen LogP contribution in [0.5, 0.6) is 5.88 Å². The SMILES string of the molecule is C[C@@H]1Oc2ncc(C(=O)O)cc2CC1=O. The number of hydrogen-bond acceptors (Lipinski definition) is 4. The molecule has 1 aliphatic rings. The Morgan fingerprint density at radius 2 is 2.40 bits per heavy atom. The van der Waals surface area contributed by atoms with Gasteiger partial charge in [-0.25, -0.2) is 9.78 Å². The minimum absolute atomic E-state index is 0.0631. The maximum atomic E-state index is 11.3. The molecule has 0 saturated heterocycles. The van der Waals surface area contributed by atoms with E-state index in [4.69, 9.17) is 9.84 Å². The molecule has 1 aliphatic heterocycles. The van der Waals surface area contributed by atoms with E-state index in [1.54, 1.807) is 6.92 Å². The highest BCUT2D eigenvalue weighted by molar-refractivity contribution is 5.90. The van der Waals surface area contributed by atoms with Gasteiger partial charge in [0.1, 0.15) is 0 Å². The topological polar surface area (TPSA) is 76.5 Å². The second-order valence-electron chi connectivity index (χ2n) is 3.40. The molecule has 0 spiro atoms. The summed E-state index contributed by atoms with van der Waals surface area (Å²) in [6.45, 7) is 1.65. The van der Waals surface area contributed by atoms with Gasteiger partial charge in [-0.3, -0.25) is 4.79 Å². The van der Waals surface area contributed by atoms with Crippen LogP contribution in [0.4, 0.5) is 0 Å². The Bertz CT molecular complexity index is 441. The summed E-state index contributed by atoms with van der Waals surface area (Å²) in [4.78, 5) is 25.9. The Balaban J connectivity index is 2.41. The Labute approximate surface area is 85.7 Å². The Hall–Kier alpha value is -1.91. The molecule has 0 amide bonds. The molecule has 78 valence electrons. The van der Waals surface area contributed by atoms with E-state index in [9.17, 15) is 9.59 Å². The van der Waals surface area contributed by atoms with E-state index in [0.717, 1.165) is 0 Å². The molecule has 1 aromatic heterocycles. The third kappa shape index (κ3) is 1.68. The summed E-state index contributed by atoms with van der Waals surface area (Å²) in [5, 5.41) is 8.74.